The molecule has 3 nitrogen and oxygen atoms in total. The molecule has 0 saturated carbocycles. The van der Waals surface area contributed by atoms with E-state index in [0.717, 1.165) is 52.7 Å². The van der Waals surface area contributed by atoms with Gasteiger partial charge in [0.2, 0.25) is 0 Å². The van der Waals surface area contributed by atoms with E-state index in [0.29, 0.717) is 5.15 Å². The molecule has 1 aliphatic carbocycles. The number of halogens is 2. The van der Waals surface area contributed by atoms with Gasteiger partial charge in [-0.25, -0.2) is 0 Å². The number of benzene rings is 1. The van der Waals surface area contributed by atoms with Gasteiger partial charge in [0.1, 0.15) is 11.4 Å². The van der Waals surface area contributed by atoms with Gasteiger partial charge in [-0.2, -0.15) is 0 Å². The second-order valence-corrected chi connectivity index (χ2v) is 6.19. The van der Waals surface area contributed by atoms with Crippen molar-refractivity contribution in [2.45, 2.75) is 25.7 Å². The van der Waals surface area contributed by atoms with E-state index >= 15 is 0 Å². The highest BCUT2D eigenvalue weighted by atomic mass is 79.9. The molecular formula is C15H14BrClN2O. The maximum Gasteiger partial charge on any atom is 0.152 e. The first-order valence-corrected chi connectivity index (χ1v) is 7.75. The van der Waals surface area contributed by atoms with Crippen molar-refractivity contribution in [3.8, 4) is 17.0 Å². The van der Waals surface area contributed by atoms with Crippen LogP contribution < -0.4 is 4.74 Å². The van der Waals surface area contributed by atoms with Gasteiger partial charge >= 0.3 is 0 Å². The second-order valence-electron chi connectivity index (χ2n) is 4.89. The SMILES string of the molecule is COc1cc(Br)cc2c1-c1nnc(Cl)cc1CCCC2. The minimum absolute atomic E-state index is 0.446. The quantitative estimate of drug-likeness (QED) is 0.760. The van der Waals surface area contributed by atoms with Crippen LogP contribution in [0.4, 0.5) is 0 Å². The van der Waals surface area contributed by atoms with Crippen molar-refractivity contribution < 1.29 is 4.74 Å². The summed E-state index contributed by atoms with van der Waals surface area (Å²) in [5.74, 6) is 0.828. The third-order valence-electron chi connectivity index (χ3n) is 3.59. The maximum absolute atomic E-state index is 5.98. The molecular weight excluding hydrogens is 340 g/mol. The first-order chi connectivity index (χ1) is 9.69. The van der Waals surface area contributed by atoms with E-state index < -0.39 is 0 Å². The van der Waals surface area contributed by atoms with Crippen LogP contribution in [0, 0.1) is 0 Å². The van der Waals surface area contributed by atoms with E-state index in [2.05, 4.69) is 32.2 Å². The van der Waals surface area contributed by atoms with Crippen LogP contribution in [-0.4, -0.2) is 17.3 Å². The minimum atomic E-state index is 0.446. The van der Waals surface area contributed by atoms with Crippen LogP contribution in [0.1, 0.15) is 24.0 Å². The molecule has 0 bridgehead atoms. The summed E-state index contributed by atoms with van der Waals surface area (Å²) in [7, 11) is 1.68. The van der Waals surface area contributed by atoms with Crippen LogP contribution in [0.15, 0.2) is 22.7 Å². The van der Waals surface area contributed by atoms with Crippen LogP contribution in [0.5, 0.6) is 5.75 Å². The average Bonchev–Trinajstić information content (AvgIpc) is 2.41. The first-order valence-electron chi connectivity index (χ1n) is 6.58. The zero-order valence-electron chi connectivity index (χ0n) is 11.1. The Morgan fingerprint density at radius 2 is 1.85 bits per heavy atom. The molecule has 1 aromatic heterocycles. The normalized spacial score (nSPS) is 13.9. The van der Waals surface area contributed by atoms with Gasteiger partial charge in [0, 0.05) is 10.0 Å². The number of rotatable bonds is 1. The van der Waals surface area contributed by atoms with Crippen LogP contribution in [0.25, 0.3) is 11.3 Å². The Morgan fingerprint density at radius 3 is 2.60 bits per heavy atom. The molecule has 1 aromatic carbocycles. The molecule has 20 heavy (non-hydrogen) atoms. The summed E-state index contributed by atoms with van der Waals surface area (Å²) in [6, 6.07) is 6.03. The monoisotopic (exact) mass is 352 g/mol. The number of hydrogen-bond acceptors (Lipinski definition) is 3. The molecule has 1 heterocycles. The van der Waals surface area contributed by atoms with Gasteiger partial charge in [-0.1, -0.05) is 27.5 Å². The molecule has 0 fully saturated rings. The predicted octanol–water partition coefficient (Wildman–Crippen LogP) is 4.45. The highest BCUT2D eigenvalue weighted by Gasteiger charge is 2.20. The lowest BCUT2D eigenvalue weighted by Gasteiger charge is -2.19. The largest absolute Gasteiger partial charge is 0.496 e. The molecule has 0 aliphatic heterocycles. The topological polar surface area (TPSA) is 35.0 Å². The van der Waals surface area contributed by atoms with Crippen molar-refractivity contribution in [2.24, 2.45) is 0 Å². The van der Waals surface area contributed by atoms with E-state index in [1.54, 1.807) is 7.11 Å². The van der Waals surface area contributed by atoms with Crippen molar-refractivity contribution >= 4 is 27.5 Å². The van der Waals surface area contributed by atoms with Crippen LogP contribution in [-0.2, 0) is 12.8 Å². The number of ether oxygens (including phenoxy) is 1. The van der Waals surface area contributed by atoms with Gasteiger partial charge in [0.25, 0.3) is 0 Å². The smallest absolute Gasteiger partial charge is 0.152 e. The zero-order chi connectivity index (χ0) is 14.1. The lowest BCUT2D eigenvalue weighted by atomic mass is 9.91. The standard InChI is InChI=1S/C15H14BrClN2O/c1-20-12-8-11(16)6-9-4-2-3-5-10-7-13(17)18-19-15(10)14(9)12/h6-8H,2-5H2,1H3. The maximum atomic E-state index is 5.98. The van der Waals surface area contributed by atoms with Crippen molar-refractivity contribution in [1.29, 1.82) is 0 Å². The Hall–Kier alpha value is -1.13. The Morgan fingerprint density at radius 1 is 1.10 bits per heavy atom. The third kappa shape index (κ3) is 2.54. The van der Waals surface area contributed by atoms with Crippen LogP contribution in [0.3, 0.4) is 0 Å². The molecule has 0 N–H and O–H groups in total. The van der Waals surface area contributed by atoms with E-state index in [-0.39, 0.29) is 0 Å². The molecule has 2 aromatic rings. The summed E-state index contributed by atoms with van der Waals surface area (Å²) in [5, 5.41) is 8.78. The summed E-state index contributed by atoms with van der Waals surface area (Å²) < 4.78 is 6.57. The van der Waals surface area contributed by atoms with Gasteiger partial charge in [0.05, 0.1) is 7.11 Å². The summed E-state index contributed by atoms with van der Waals surface area (Å²) in [4.78, 5) is 0. The Labute approximate surface area is 131 Å². The van der Waals surface area contributed by atoms with E-state index in [1.165, 1.54) is 5.56 Å². The lowest BCUT2D eigenvalue weighted by molar-refractivity contribution is 0.415. The second kappa shape index (κ2) is 5.70. The molecule has 0 amide bonds. The fourth-order valence-corrected chi connectivity index (χ4v) is 3.35. The summed E-state index contributed by atoms with van der Waals surface area (Å²) in [6.07, 6.45) is 4.27. The van der Waals surface area contributed by atoms with Crippen LogP contribution in [0.2, 0.25) is 5.15 Å². The number of fused-ring (bicyclic) bond motifs is 3. The predicted molar refractivity (Wildman–Crippen MR) is 83.4 cm³/mol. The molecule has 104 valence electrons. The number of methoxy groups -OCH3 is 1. The molecule has 1 aliphatic rings. The van der Waals surface area contributed by atoms with Gasteiger partial charge < -0.3 is 4.74 Å². The van der Waals surface area contributed by atoms with E-state index in [4.69, 9.17) is 16.3 Å². The molecule has 0 saturated heterocycles. The molecule has 5 heteroatoms. The first kappa shape index (κ1) is 13.8. The molecule has 0 atom stereocenters. The zero-order valence-corrected chi connectivity index (χ0v) is 13.5. The Balaban J connectivity index is 2.29. The summed E-state index contributed by atoms with van der Waals surface area (Å²) in [6.45, 7) is 0. The van der Waals surface area contributed by atoms with Crippen LogP contribution >= 0.6 is 27.5 Å². The number of aromatic nitrogens is 2. The van der Waals surface area contributed by atoms with Gasteiger partial charge in [0.15, 0.2) is 5.15 Å². The van der Waals surface area contributed by atoms with E-state index in [9.17, 15) is 0 Å². The van der Waals surface area contributed by atoms with Crippen molar-refractivity contribution in [3.63, 3.8) is 0 Å². The Kier molecular flexibility index (Phi) is 3.94. The third-order valence-corrected chi connectivity index (χ3v) is 4.23. The van der Waals surface area contributed by atoms with E-state index in [1.807, 2.05) is 12.1 Å². The highest BCUT2D eigenvalue weighted by Crippen LogP contribution is 2.39. The summed E-state index contributed by atoms with van der Waals surface area (Å²) in [5.41, 5.74) is 4.34. The van der Waals surface area contributed by atoms with Crippen molar-refractivity contribution in [2.75, 3.05) is 7.11 Å². The van der Waals surface area contributed by atoms with Gasteiger partial charge in [-0.05, 0) is 55.0 Å². The molecule has 0 radical (unpaired) electrons. The number of aryl methyl sites for hydroxylation is 2. The Bertz CT molecular complexity index is 661. The van der Waals surface area contributed by atoms with Gasteiger partial charge in [-0.15, -0.1) is 10.2 Å². The fraction of sp³-hybridized carbons (Fsp3) is 0.333. The number of hydrogen-bond donors (Lipinski definition) is 0. The fourth-order valence-electron chi connectivity index (χ4n) is 2.70. The molecule has 0 spiro atoms. The molecule has 3 rings (SSSR count). The number of nitrogens with zero attached hydrogens (tertiary/aromatic N) is 2. The average molecular weight is 354 g/mol. The minimum Gasteiger partial charge on any atom is -0.496 e. The van der Waals surface area contributed by atoms with Crippen molar-refractivity contribution in [3.05, 3.63) is 39.0 Å². The lowest BCUT2D eigenvalue weighted by Crippen LogP contribution is -2.05. The molecule has 0 unspecified atom stereocenters. The summed E-state index contributed by atoms with van der Waals surface area (Å²) >= 11 is 9.53. The highest BCUT2D eigenvalue weighted by molar-refractivity contribution is 9.10. The van der Waals surface area contributed by atoms with Gasteiger partial charge in [-0.3, -0.25) is 0 Å². The van der Waals surface area contributed by atoms with Crippen molar-refractivity contribution in [1.82, 2.24) is 10.2 Å².